The lowest BCUT2D eigenvalue weighted by Crippen LogP contribution is -2.73. The number of amides is 1. The van der Waals surface area contributed by atoms with Crippen LogP contribution >= 0.6 is 0 Å². The first-order valence-electron chi connectivity index (χ1n) is 21.1. The fourth-order valence-electron chi connectivity index (χ4n) is 15.4. The van der Waals surface area contributed by atoms with Crippen LogP contribution in [0.2, 0.25) is 0 Å². The molecule has 7 nitrogen and oxygen atoms in total. The fourth-order valence-corrected chi connectivity index (χ4v) is 15.4. The summed E-state index contributed by atoms with van der Waals surface area (Å²) in [5.74, 6) is 6.02. The lowest BCUT2D eigenvalue weighted by Gasteiger charge is -2.74. The molecule has 0 spiro atoms. The van der Waals surface area contributed by atoms with Crippen LogP contribution in [0.5, 0.6) is 0 Å². The van der Waals surface area contributed by atoms with Crippen molar-refractivity contribution in [2.24, 2.45) is 68.5 Å². The summed E-state index contributed by atoms with van der Waals surface area (Å²) in [5.41, 5.74) is 0.513. The van der Waals surface area contributed by atoms with Crippen LogP contribution in [0, 0.1) is 68.5 Å². The molecule has 1 aromatic carbocycles. The fraction of sp³-hybridized carbons (Fsp3) is 0.778. The number of carbonyl (C=O) groups excluding carboxylic acids is 2. The third-order valence-corrected chi connectivity index (χ3v) is 18.3. The number of esters is 1. The summed E-state index contributed by atoms with van der Waals surface area (Å²) in [6, 6.07) is 9.88. The summed E-state index contributed by atoms with van der Waals surface area (Å²) >= 11 is 0. The number of rotatable bonds is 5. The molecule has 2 heterocycles. The molecule has 9 rings (SSSR count). The van der Waals surface area contributed by atoms with Gasteiger partial charge in [-0.1, -0.05) is 77.0 Å². The molecule has 6 saturated carbocycles. The second kappa shape index (κ2) is 11.9. The van der Waals surface area contributed by atoms with Crippen LogP contribution in [0.4, 0.5) is 0 Å². The highest BCUT2D eigenvalue weighted by molar-refractivity contribution is 5.86. The molecule has 0 N–H and O–H groups in total. The van der Waals surface area contributed by atoms with Crippen molar-refractivity contribution in [3.05, 3.63) is 36.2 Å². The van der Waals surface area contributed by atoms with E-state index in [4.69, 9.17) is 14.2 Å². The number of nitrogens with zero attached hydrogens (tertiary/aromatic N) is 3. The molecule has 7 heteroatoms. The van der Waals surface area contributed by atoms with Gasteiger partial charge >= 0.3 is 5.97 Å². The maximum absolute atomic E-state index is 16.1. The maximum atomic E-state index is 16.1. The normalized spacial score (nSPS) is 42.4. The van der Waals surface area contributed by atoms with Gasteiger partial charge in [-0.3, -0.25) is 9.59 Å². The van der Waals surface area contributed by atoms with E-state index in [-0.39, 0.29) is 34.4 Å². The molecule has 1 saturated heterocycles. The van der Waals surface area contributed by atoms with Crippen LogP contribution in [-0.4, -0.2) is 39.6 Å². The summed E-state index contributed by atoms with van der Waals surface area (Å²) in [5, 5.41) is 4.41. The first kappa shape index (κ1) is 35.0. The standard InChI is InChI=1S/C45H63N3O4/c1-27(49)51-30-16-18-31-29(26-30)15-17-33-32(31)19-20-34-37(33)41(2,3)42(4,5)45(22-21-36(44(34,45)7)43(6)23-24-43)40(50)48-25-11-14-35(48)39-46-38(47-52-39)28-12-9-8-10-13-28/h8-10,12-13,29-37H,11,14-26H2,1-7H3/t29?,30?,31?,32?,33?,34?,35-,36?,37?,44?,45?/m1/s1. The molecule has 7 fully saturated rings. The van der Waals surface area contributed by atoms with E-state index < -0.39 is 5.41 Å². The number of ether oxygens (including phenoxy) is 1. The minimum Gasteiger partial charge on any atom is -0.463 e. The molecule has 0 radical (unpaired) electrons. The Bertz CT molecular complexity index is 1710. The lowest BCUT2D eigenvalue weighted by molar-refractivity contribution is -0.267. The van der Waals surface area contributed by atoms with E-state index in [9.17, 15) is 4.79 Å². The van der Waals surface area contributed by atoms with Crippen LogP contribution in [0.1, 0.15) is 144 Å². The molecule has 6 aliphatic carbocycles. The number of aromatic nitrogens is 2. The quantitative estimate of drug-likeness (QED) is 0.287. The van der Waals surface area contributed by atoms with Crippen molar-refractivity contribution < 1.29 is 18.8 Å². The van der Waals surface area contributed by atoms with Gasteiger partial charge in [0.1, 0.15) is 12.1 Å². The molecule has 1 aliphatic heterocycles. The van der Waals surface area contributed by atoms with Crippen molar-refractivity contribution in [1.29, 1.82) is 0 Å². The summed E-state index contributed by atoms with van der Waals surface area (Å²) < 4.78 is 11.8. The van der Waals surface area contributed by atoms with Gasteiger partial charge in [0.2, 0.25) is 17.6 Å². The van der Waals surface area contributed by atoms with Crippen LogP contribution in [-0.2, 0) is 14.3 Å². The SMILES string of the molecule is CC(=O)OC1CCC2C(CCC3C2CCC2C3C(C)(C)C(C)(C)C3(C(=O)N4CCC[C@@H]4c4nc(-c5ccccc5)no4)CCC(C4(C)CC4)C23C)C1. The lowest BCUT2D eigenvalue weighted by atomic mass is 9.29. The molecular formula is C45H63N3O4. The van der Waals surface area contributed by atoms with Crippen molar-refractivity contribution >= 4 is 11.9 Å². The van der Waals surface area contributed by atoms with E-state index in [0.717, 1.165) is 62.5 Å². The van der Waals surface area contributed by atoms with Gasteiger partial charge in [-0.25, -0.2) is 0 Å². The third kappa shape index (κ3) is 4.67. The summed E-state index contributed by atoms with van der Waals surface area (Å²) in [7, 11) is 0. The highest BCUT2D eigenvalue weighted by Crippen LogP contribution is 2.84. The molecule has 2 aromatic rings. The van der Waals surface area contributed by atoms with Crippen LogP contribution in [0.15, 0.2) is 34.9 Å². The summed E-state index contributed by atoms with van der Waals surface area (Å²) in [6.07, 6.45) is 15.0. The zero-order chi connectivity index (χ0) is 36.4. The Hall–Kier alpha value is -2.70. The first-order chi connectivity index (χ1) is 24.7. The maximum Gasteiger partial charge on any atom is 0.302 e. The van der Waals surface area contributed by atoms with Crippen LogP contribution < -0.4 is 0 Å². The molecule has 11 atom stereocenters. The average Bonchev–Trinajstić information content (AvgIpc) is 3.49. The predicted octanol–water partition coefficient (Wildman–Crippen LogP) is 10.1. The Kier molecular flexibility index (Phi) is 8.02. The smallest absolute Gasteiger partial charge is 0.302 e. The predicted molar refractivity (Wildman–Crippen MR) is 200 cm³/mol. The van der Waals surface area contributed by atoms with E-state index in [1.165, 1.54) is 44.9 Å². The highest BCUT2D eigenvalue weighted by Gasteiger charge is 2.81. The van der Waals surface area contributed by atoms with E-state index in [2.05, 4.69) is 51.6 Å². The zero-order valence-electron chi connectivity index (χ0n) is 33.0. The van der Waals surface area contributed by atoms with Gasteiger partial charge in [-0.05, 0) is 147 Å². The van der Waals surface area contributed by atoms with Crippen molar-refractivity contribution in [1.82, 2.24) is 15.0 Å². The van der Waals surface area contributed by atoms with Crippen molar-refractivity contribution in [3.63, 3.8) is 0 Å². The molecule has 7 aliphatic rings. The molecule has 0 bridgehead atoms. The third-order valence-electron chi connectivity index (χ3n) is 18.3. The number of fused-ring (bicyclic) bond motifs is 7. The minimum absolute atomic E-state index is 0.0164. The monoisotopic (exact) mass is 709 g/mol. The number of carbonyl (C=O) groups is 2. The van der Waals surface area contributed by atoms with Crippen molar-refractivity contribution in [3.8, 4) is 11.4 Å². The van der Waals surface area contributed by atoms with Gasteiger partial charge in [0.25, 0.3) is 0 Å². The van der Waals surface area contributed by atoms with Crippen LogP contribution in [0.3, 0.4) is 0 Å². The number of likely N-dealkylation sites (tertiary alicyclic amines) is 1. The topological polar surface area (TPSA) is 85.5 Å². The average molecular weight is 710 g/mol. The largest absolute Gasteiger partial charge is 0.463 e. The Labute approximate surface area is 311 Å². The van der Waals surface area contributed by atoms with Crippen LogP contribution in [0.25, 0.3) is 11.4 Å². The molecular weight excluding hydrogens is 647 g/mol. The van der Waals surface area contributed by atoms with E-state index in [0.29, 0.717) is 52.6 Å². The highest BCUT2D eigenvalue weighted by atomic mass is 16.5. The second-order valence-electron chi connectivity index (χ2n) is 20.3. The summed E-state index contributed by atoms with van der Waals surface area (Å²) in [6.45, 7) is 17.8. The molecule has 1 aromatic heterocycles. The van der Waals surface area contributed by atoms with Crippen molar-refractivity contribution in [2.75, 3.05) is 6.54 Å². The minimum atomic E-state index is -0.460. The Morgan fingerprint density at radius 1 is 0.846 bits per heavy atom. The Balaban J connectivity index is 1.09. The zero-order valence-corrected chi connectivity index (χ0v) is 33.0. The van der Waals surface area contributed by atoms with E-state index in [1.807, 2.05) is 30.3 Å². The van der Waals surface area contributed by atoms with Gasteiger partial charge in [0.05, 0.1) is 5.41 Å². The van der Waals surface area contributed by atoms with Gasteiger partial charge < -0.3 is 14.2 Å². The Morgan fingerprint density at radius 2 is 1.58 bits per heavy atom. The van der Waals surface area contributed by atoms with Gasteiger partial charge in [-0.15, -0.1) is 0 Å². The van der Waals surface area contributed by atoms with E-state index >= 15 is 4.79 Å². The van der Waals surface area contributed by atoms with E-state index in [1.54, 1.807) is 6.92 Å². The number of hydrogen-bond acceptors (Lipinski definition) is 6. The van der Waals surface area contributed by atoms with Crippen molar-refractivity contribution in [2.45, 2.75) is 144 Å². The summed E-state index contributed by atoms with van der Waals surface area (Å²) in [4.78, 5) is 35.1. The number of hydrogen-bond donors (Lipinski definition) is 0. The second-order valence-corrected chi connectivity index (χ2v) is 20.3. The molecule has 1 amide bonds. The van der Waals surface area contributed by atoms with Gasteiger partial charge in [0.15, 0.2) is 0 Å². The Morgan fingerprint density at radius 3 is 2.31 bits per heavy atom. The van der Waals surface area contributed by atoms with Gasteiger partial charge in [0, 0.05) is 19.0 Å². The number of benzene rings is 1. The molecule has 52 heavy (non-hydrogen) atoms. The molecule has 282 valence electrons. The first-order valence-corrected chi connectivity index (χ1v) is 21.1. The van der Waals surface area contributed by atoms with Gasteiger partial charge in [-0.2, -0.15) is 4.98 Å². The molecule has 10 unspecified atom stereocenters.